The van der Waals surface area contributed by atoms with Crippen molar-refractivity contribution in [2.24, 2.45) is 0 Å². The van der Waals surface area contributed by atoms with Gasteiger partial charge in [-0.3, -0.25) is 9.59 Å². The van der Waals surface area contributed by atoms with Crippen molar-refractivity contribution >= 4 is 24.2 Å². The van der Waals surface area contributed by atoms with Crippen molar-refractivity contribution in [1.82, 2.24) is 15.1 Å². The second-order valence-electron chi connectivity index (χ2n) is 5.33. The van der Waals surface area contributed by atoms with Crippen LogP contribution in [0.4, 0.5) is 0 Å². The molecule has 0 bridgehead atoms. The summed E-state index contributed by atoms with van der Waals surface area (Å²) < 4.78 is 0. The number of carbonyl (C=O) groups is 2. The molecule has 0 aromatic heterocycles. The van der Waals surface area contributed by atoms with Crippen LogP contribution in [0.15, 0.2) is 24.3 Å². The molecule has 1 aromatic rings. The minimum absolute atomic E-state index is 0. The summed E-state index contributed by atoms with van der Waals surface area (Å²) in [7, 11) is 3.41. The first kappa shape index (κ1) is 17.5. The molecule has 116 valence electrons. The van der Waals surface area contributed by atoms with Crippen molar-refractivity contribution in [3.8, 4) is 0 Å². The van der Waals surface area contributed by atoms with Gasteiger partial charge in [0.05, 0.1) is 0 Å². The molecule has 21 heavy (non-hydrogen) atoms. The molecule has 1 saturated heterocycles. The van der Waals surface area contributed by atoms with E-state index in [0.29, 0.717) is 17.7 Å². The molecule has 2 amide bonds. The smallest absolute Gasteiger partial charge is 0.254 e. The summed E-state index contributed by atoms with van der Waals surface area (Å²) in [5, 5.41) is 3.26. The van der Waals surface area contributed by atoms with Gasteiger partial charge in [0.25, 0.3) is 11.8 Å². The minimum Gasteiger partial charge on any atom is -0.345 e. The maximum absolute atomic E-state index is 12.5. The average Bonchev–Trinajstić information content (AvgIpc) is 2.46. The van der Waals surface area contributed by atoms with Gasteiger partial charge in [0.1, 0.15) is 0 Å². The van der Waals surface area contributed by atoms with Crippen LogP contribution >= 0.6 is 12.4 Å². The Hall–Kier alpha value is -1.59. The highest BCUT2D eigenvalue weighted by Gasteiger charge is 2.24. The Morgan fingerprint density at radius 1 is 1.29 bits per heavy atom. The second-order valence-corrected chi connectivity index (χ2v) is 5.33. The lowest BCUT2D eigenvalue weighted by molar-refractivity contribution is 0.0655. The van der Waals surface area contributed by atoms with Gasteiger partial charge in [-0.1, -0.05) is 6.07 Å². The zero-order chi connectivity index (χ0) is 14.7. The van der Waals surface area contributed by atoms with Gasteiger partial charge < -0.3 is 15.1 Å². The van der Waals surface area contributed by atoms with Crippen LogP contribution in [0.5, 0.6) is 0 Å². The molecule has 1 aliphatic heterocycles. The molecule has 1 atom stereocenters. The Bertz CT molecular complexity index is 519. The van der Waals surface area contributed by atoms with Crippen LogP contribution < -0.4 is 5.32 Å². The molecule has 5 nitrogen and oxygen atoms in total. The van der Waals surface area contributed by atoms with Gasteiger partial charge in [0.2, 0.25) is 0 Å². The molecule has 0 aliphatic carbocycles. The molecule has 0 saturated carbocycles. The SMILES string of the molecule is C[C@@H]1CNCCN1C(=O)c1cccc(C(=O)N(C)C)c1.Cl. The molecule has 1 N–H and O–H groups in total. The third-order valence-electron chi connectivity index (χ3n) is 3.52. The van der Waals surface area contributed by atoms with Crippen molar-refractivity contribution < 1.29 is 9.59 Å². The van der Waals surface area contributed by atoms with Crippen LogP contribution in [-0.4, -0.2) is 61.4 Å². The Morgan fingerprint density at radius 2 is 1.95 bits per heavy atom. The van der Waals surface area contributed by atoms with E-state index in [9.17, 15) is 9.59 Å². The lowest BCUT2D eigenvalue weighted by Crippen LogP contribution is -2.52. The van der Waals surface area contributed by atoms with Gasteiger partial charge >= 0.3 is 0 Å². The monoisotopic (exact) mass is 311 g/mol. The number of benzene rings is 1. The zero-order valence-corrected chi connectivity index (χ0v) is 13.4. The van der Waals surface area contributed by atoms with E-state index >= 15 is 0 Å². The Balaban J connectivity index is 0.00000220. The number of halogens is 1. The van der Waals surface area contributed by atoms with Crippen molar-refractivity contribution in [1.29, 1.82) is 0 Å². The van der Waals surface area contributed by atoms with E-state index in [1.807, 2.05) is 11.8 Å². The largest absolute Gasteiger partial charge is 0.345 e. The van der Waals surface area contributed by atoms with Crippen molar-refractivity contribution in [3.05, 3.63) is 35.4 Å². The summed E-state index contributed by atoms with van der Waals surface area (Å²) in [6.45, 7) is 4.35. The molecule has 1 fully saturated rings. The third-order valence-corrected chi connectivity index (χ3v) is 3.52. The number of hydrogen-bond acceptors (Lipinski definition) is 3. The fourth-order valence-corrected chi connectivity index (χ4v) is 2.35. The summed E-state index contributed by atoms with van der Waals surface area (Å²) in [5.74, 6) is -0.0968. The van der Waals surface area contributed by atoms with Gasteiger partial charge in [0.15, 0.2) is 0 Å². The molecule has 0 spiro atoms. The lowest BCUT2D eigenvalue weighted by atomic mass is 10.1. The standard InChI is InChI=1S/C15H21N3O2.ClH/c1-11-10-16-7-8-18(11)15(20)13-6-4-5-12(9-13)14(19)17(2)3;/h4-6,9,11,16H,7-8,10H2,1-3H3;1H/t11-;/m1./s1. The van der Waals surface area contributed by atoms with Crippen LogP contribution in [-0.2, 0) is 0 Å². The maximum Gasteiger partial charge on any atom is 0.254 e. The van der Waals surface area contributed by atoms with Crippen molar-refractivity contribution in [2.45, 2.75) is 13.0 Å². The van der Waals surface area contributed by atoms with Gasteiger partial charge in [-0.25, -0.2) is 0 Å². The summed E-state index contributed by atoms with van der Waals surface area (Å²) in [6.07, 6.45) is 0. The average molecular weight is 312 g/mol. The molecular formula is C15H22ClN3O2. The number of nitrogens with one attached hydrogen (secondary N) is 1. The summed E-state index contributed by atoms with van der Waals surface area (Å²) in [5.41, 5.74) is 1.12. The molecule has 0 unspecified atom stereocenters. The first-order chi connectivity index (χ1) is 9.50. The topological polar surface area (TPSA) is 52.7 Å². The van der Waals surface area contributed by atoms with Crippen LogP contribution in [0.1, 0.15) is 27.6 Å². The third kappa shape index (κ3) is 3.95. The highest BCUT2D eigenvalue weighted by atomic mass is 35.5. The zero-order valence-electron chi connectivity index (χ0n) is 12.6. The number of carbonyl (C=O) groups excluding carboxylic acids is 2. The molecule has 1 aliphatic rings. The van der Waals surface area contributed by atoms with E-state index in [1.54, 1.807) is 38.4 Å². The number of amides is 2. The summed E-state index contributed by atoms with van der Waals surface area (Å²) in [6, 6.07) is 7.12. The van der Waals surface area contributed by atoms with E-state index in [4.69, 9.17) is 0 Å². The lowest BCUT2D eigenvalue weighted by Gasteiger charge is -2.34. The molecule has 1 heterocycles. The number of piperazine rings is 1. The number of nitrogens with zero attached hydrogens (tertiary/aromatic N) is 2. The fourth-order valence-electron chi connectivity index (χ4n) is 2.35. The highest BCUT2D eigenvalue weighted by Crippen LogP contribution is 2.13. The minimum atomic E-state index is -0.0898. The van der Waals surface area contributed by atoms with Crippen molar-refractivity contribution in [3.63, 3.8) is 0 Å². The van der Waals surface area contributed by atoms with Gasteiger partial charge in [0, 0.05) is 50.9 Å². The Kier molecular flexibility index (Phi) is 6.18. The van der Waals surface area contributed by atoms with E-state index < -0.39 is 0 Å². The summed E-state index contributed by atoms with van der Waals surface area (Å²) >= 11 is 0. The second kappa shape index (κ2) is 7.43. The van der Waals surface area contributed by atoms with Crippen LogP contribution in [0.3, 0.4) is 0 Å². The van der Waals surface area contributed by atoms with Crippen LogP contribution in [0, 0.1) is 0 Å². The predicted molar refractivity (Wildman–Crippen MR) is 85.1 cm³/mol. The Morgan fingerprint density at radius 3 is 2.57 bits per heavy atom. The fraction of sp³-hybridized carbons (Fsp3) is 0.467. The van der Waals surface area contributed by atoms with Crippen LogP contribution in [0.2, 0.25) is 0 Å². The first-order valence-corrected chi connectivity index (χ1v) is 6.84. The summed E-state index contributed by atoms with van der Waals surface area (Å²) in [4.78, 5) is 27.8. The molecule has 0 radical (unpaired) electrons. The molecule has 1 aromatic carbocycles. The van der Waals surface area contributed by atoms with Crippen LogP contribution in [0.25, 0.3) is 0 Å². The molecule has 2 rings (SSSR count). The molecular weight excluding hydrogens is 290 g/mol. The Labute approximate surface area is 131 Å². The maximum atomic E-state index is 12.5. The highest BCUT2D eigenvalue weighted by molar-refractivity contribution is 5.99. The first-order valence-electron chi connectivity index (χ1n) is 6.84. The van der Waals surface area contributed by atoms with E-state index in [1.165, 1.54) is 4.90 Å². The normalized spacial score (nSPS) is 17.9. The number of rotatable bonds is 2. The quantitative estimate of drug-likeness (QED) is 0.894. The van der Waals surface area contributed by atoms with E-state index in [-0.39, 0.29) is 30.3 Å². The molecule has 6 heteroatoms. The van der Waals surface area contributed by atoms with Gasteiger partial charge in [-0.2, -0.15) is 0 Å². The van der Waals surface area contributed by atoms with E-state index in [0.717, 1.165) is 13.1 Å². The van der Waals surface area contributed by atoms with E-state index in [2.05, 4.69) is 5.32 Å². The van der Waals surface area contributed by atoms with Gasteiger partial charge in [-0.05, 0) is 25.1 Å². The van der Waals surface area contributed by atoms with Gasteiger partial charge in [-0.15, -0.1) is 12.4 Å². The predicted octanol–water partition coefficient (Wildman–Crippen LogP) is 1.24. The van der Waals surface area contributed by atoms with Crippen molar-refractivity contribution in [2.75, 3.05) is 33.7 Å². The number of hydrogen-bond donors (Lipinski definition) is 1.